The van der Waals surface area contributed by atoms with Gasteiger partial charge in [0.05, 0.1) is 25.5 Å². The van der Waals surface area contributed by atoms with Gasteiger partial charge in [-0.1, -0.05) is 12.2 Å². The van der Waals surface area contributed by atoms with Crippen LogP contribution in [0.25, 0.3) is 22.3 Å². The summed E-state index contributed by atoms with van der Waals surface area (Å²) < 4.78 is 133. The third-order valence-electron chi connectivity index (χ3n) is 7.59. The zero-order valence-corrected chi connectivity index (χ0v) is 26.8. The average molecular weight is 759 g/mol. The number of halogens is 4. The van der Waals surface area contributed by atoms with E-state index in [1.165, 1.54) is 23.4 Å². The summed E-state index contributed by atoms with van der Waals surface area (Å²) in [7, 11) is -4.99. The zero-order chi connectivity index (χ0) is 34.9. The molecule has 27 heteroatoms. The summed E-state index contributed by atoms with van der Waals surface area (Å²) in [6.45, 7) is -8.22. The zero-order valence-electron chi connectivity index (χ0n) is 24.2. The second-order valence-electron chi connectivity index (χ2n) is 10.8. The molecule has 7 rings (SSSR count). The summed E-state index contributed by atoms with van der Waals surface area (Å²) in [5.41, 5.74) is 4.75. The van der Waals surface area contributed by atoms with Crippen molar-refractivity contribution >= 4 is 57.6 Å². The molecule has 0 aliphatic carbocycles. The van der Waals surface area contributed by atoms with Gasteiger partial charge in [0.2, 0.25) is 5.95 Å². The Morgan fingerprint density at radius 1 is 1.10 bits per heavy atom. The van der Waals surface area contributed by atoms with Crippen molar-refractivity contribution in [1.82, 2.24) is 43.8 Å². The van der Waals surface area contributed by atoms with Crippen LogP contribution in [0.4, 0.5) is 23.5 Å². The van der Waals surface area contributed by atoms with Gasteiger partial charge in [-0.3, -0.25) is 28.0 Å². The van der Waals surface area contributed by atoms with Gasteiger partial charge in [0.25, 0.3) is 5.56 Å². The fourth-order valence-corrected chi connectivity index (χ4v) is 8.00. The second-order valence-corrected chi connectivity index (χ2v) is 15.1. The Balaban J connectivity index is 1.24. The van der Waals surface area contributed by atoms with E-state index in [9.17, 15) is 30.9 Å². The van der Waals surface area contributed by atoms with Crippen LogP contribution in [-0.4, -0.2) is 110 Å². The first-order valence-electron chi connectivity index (χ1n) is 13.9. The lowest BCUT2D eigenvalue weighted by molar-refractivity contribution is -0.195. The third-order valence-corrected chi connectivity index (χ3v) is 10.2. The van der Waals surface area contributed by atoms with E-state index in [1.54, 1.807) is 0 Å². The van der Waals surface area contributed by atoms with Gasteiger partial charge in [0.15, 0.2) is 41.5 Å². The number of fused-ring (bicyclic) bond motifs is 5. The van der Waals surface area contributed by atoms with Crippen molar-refractivity contribution in [3.8, 4) is 0 Å². The number of nitrogen functional groups attached to an aromatic ring is 1. The van der Waals surface area contributed by atoms with E-state index in [0.29, 0.717) is 0 Å². The van der Waals surface area contributed by atoms with Gasteiger partial charge in [-0.15, -0.1) is 0 Å². The van der Waals surface area contributed by atoms with Gasteiger partial charge >= 0.3 is 23.3 Å². The number of hydrogen-bond donors (Lipinski definition) is 4. The number of ether oxygens (including phenoxy) is 3. The minimum atomic E-state index is -4.99. The van der Waals surface area contributed by atoms with Crippen LogP contribution in [-0.2, 0) is 42.3 Å². The van der Waals surface area contributed by atoms with Crippen molar-refractivity contribution in [2.24, 2.45) is 0 Å². The van der Waals surface area contributed by atoms with Crippen LogP contribution in [0.3, 0.4) is 0 Å². The van der Waals surface area contributed by atoms with Gasteiger partial charge in [-0.2, -0.15) is 31.3 Å². The largest absolute Gasteiger partial charge is 0.411 e. The molecule has 9 atom stereocenters. The van der Waals surface area contributed by atoms with Crippen LogP contribution >= 0.6 is 19.0 Å². The van der Waals surface area contributed by atoms with E-state index in [0.717, 1.165) is 10.9 Å². The molecule has 20 nitrogen and oxygen atoms in total. The number of rotatable bonds is 4. The summed E-state index contributed by atoms with van der Waals surface area (Å²) in [5, 5.41) is 0. The maximum absolute atomic E-state index is 16.0. The standard InChI is InChI=1S/C22H23F4N10O10PS2/c23-11-13-9(43-19(11)35-6-30-8-1-28-5-29-16(8)35)2-32-49(39,40)46-15-14(41-4-22(24,25)26)10(3-42-47(38,48)45-13)44-20(15)36-7-31-12-17(36)33-21(27)34-18(12)37/h1,5-7,9-11,13-15,19-20,32H,2-4H2,(H,38,48)(H3,27,33,34,37)/t9-,10-,11-,13-,14-,15-,19-,20-,47-/m1/s1. The Morgan fingerprint density at radius 2 is 1.84 bits per heavy atom. The Hall–Kier alpha value is -3.33. The highest BCUT2D eigenvalue weighted by molar-refractivity contribution is 8.44. The van der Waals surface area contributed by atoms with E-state index in [4.69, 9.17) is 33.2 Å². The highest BCUT2D eigenvalue weighted by atomic mass is 32.7. The van der Waals surface area contributed by atoms with Crippen molar-refractivity contribution in [3.63, 3.8) is 0 Å². The fourth-order valence-electron chi connectivity index (χ4n) is 5.59. The maximum Gasteiger partial charge on any atom is 0.411 e. The SMILES string of the molecule is Nc1nc2c(ncn2[C@@H]2O[C@@H]3CO[P@@](=O)(S)O[C@H]4[C@@H](F)[C@H](n5cnc6cncnc65)O[C@@H]4CNS(=O)(=O)O[C@@H]2[C@@H]3OCC(F)(F)F)c(=O)[nH]1. The normalized spacial score (nSPS) is 34.0. The van der Waals surface area contributed by atoms with Crippen molar-refractivity contribution in [1.29, 1.82) is 0 Å². The molecule has 3 aliphatic rings. The first kappa shape index (κ1) is 34.1. The molecule has 2 bridgehead atoms. The summed E-state index contributed by atoms with van der Waals surface area (Å²) >= 11 is 3.93. The number of hydrogen-bond acceptors (Lipinski definition) is 16. The Labute approximate surface area is 275 Å². The fraction of sp³-hybridized carbons (Fsp3) is 0.545. The van der Waals surface area contributed by atoms with E-state index >= 15 is 4.39 Å². The van der Waals surface area contributed by atoms with Crippen molar-refractivity contribution in [3.05, 3.63) is 35.5 Å². The molecule has 7 heterocycles. The number of thiol groups is 1. The van der Waals surface area contributed by atoms with Crippen LogP contribution in [0.15, 0.2) is 30.0 Å². The Kier molecular flexibility index (Phi) is 8.68. The quantitative estimate of drug-likeness (QED) is 0.124. The van der Waals surface area contributed by atoms with Gasteiger partial charge in [0.1, 0.15) is 42.9 Å². The highest BCUT2D eigenvalue weighted by Gasteiger charge is 2.54. The number of imidazole rings is 2. The lowest BCUT2D eigenvalue weighted by Gasteiger charge is -2.25. The molecule has 0 saturated carbocycles. The first-order chi connectivity index (χ1) is 23.1. The molecule has 0 radical (unpaired) electrons. The van der Waals surface area contributed by atoms with Crippen molar-refractivity contribution < 1.29 is 58.0 Å². The van der Waals surface area contributed by atoms with Crippen LogP contribution in [0, 0.1) is 0 Å². The van der Waals surface area contributed by atoms with Crippen LogP contribution in [0.1, 0.15) is 12.5 Å². The molecule has 3 saturated heterocycles. The third kappa shape index (κ3) is 6.76. The average Bonchev–Trinajstić information content (AvgIpc) is 3.78. The van der Waals surface area contributed by atoms with Gasteiger partial charge in [0, 0.05) is 6.54 Å². The van der Waals surface area contributed by atoms with Crippen molar-refractivity contribution in [2.75, 3.05) is 25.5 Å². The number of nitrogens with one attached hydrogen (secondary N) is 2. The maximum atomic E-state index is 16.0. The van der Waals surface area contributed by atoms with Gasteiger partial charge < -0.3 is 19.9 Å². The van der Waals surface area contributed by atoms with E-state index in [1.807, 2.05) is 4.72 Å². The molecule has 0 aromatic carbocycles. The number of alkyl halides is 4. The molecule has 4 aromatic heterocycles. The number of aromatic amines is 1. The molecule has 3 aliphatic heterocycles. The topological polar surface area (TPSA) is 252 Å². The van der Waals surface area contributed by atoms with E-state index in [-0.39, 0.29) is 28.3 Å². The number of nitrogens with two attached hydrogens (primary N) is 1. The molecular formula is C22H23F4N10O10PS2. The lowest BCUT2D eigenvalue weighted by atomic mass is 10.1. The Bertz CT molecular complexity index is 2100. The molecule has 4 N–H and O–H groups in total. The lowest BCUT2D eigenvalue weighted by Crippen LogP contribution is -2.45. The van der Waals surface area contributed by atoms with E-state index in [2.05, 4.69) is 42.2 Å². The molecule has 266 valence electrons. The summed E-state index contributed by atoms with van der Waals surface area (Å²) in [5.74, 6) is -0.379. The van der Waals surface area contributed by atoms with Gasteiger partial charge in [-0.25, -0.2) is 33.1 Å². The molecule has 3 fully saturated rings. The predicted octanol–water partition coefficient (Wildman–Crippen LogP) is 0.295. The smallest absolute Gasteiger partial charge is 0.369 e. The monoisotopic (exact) mass is 758 g/mol. The molecular weight excluding hydrogens is 735 g/mol. The minimum Gasteiger partial charge on any atom is -0.369 e. The highest BCUT2D eigenvalue weighted by Crippen LogP contribution is 2.57. The van der Waals surface area contributed by atoms with Crippen molar-refractivity contribution in [2.45, 2.75) is 55.3 Å². The molecule has 0 spiro atoms. The van der Waals surface area contributed by atoms with E-state index < -0.39 is 97.7 Å². The predicted molar refractivity (Wildman–Crippen MR) is 156 cm³/mol. The second kappa shape index (κ2) is 12.5. The first-order valence-corrected chi connectivity index (χ1v) is 18.0. The number of aromatic nitrogens is 8. The summed E-state index contributed by atoms with van der Waals surface area (Å²) in [6, 6.07) is 0. The molecule has 0 amide bonds. The number of nitrogens with zero attached hydrogens (tertiary/aromatic N) is 7. The molecule has 49 heavy (non-hydrogen) atoms. The molecule has 4 aromatic rings. The minimum absolute atomic E-state index is 0.153. The Morgan fingerprint density at radius 3 is 2.61 bits per heavy atom. The molecule has 0 unspecified atom stereocenters. The number of H-pyrrole nitrogens is 1. The summed E-state index contributed by atoms with van der Waals surface area (Å²) in [4.78, 5) is 34.4. The van der Waals surface area contributed by atoms with Crippen LogP contribution < -0.4 is 16.0 Å². The number of anilines is 1. The van der Waals surface area contributed by atoms with Crippen LogP contribution in [0.5, 0.6) is 0 Å². The van der Waals surface area contributed by atoms with Gasteiger partial charge in [-0.05, 0) is 0 Å². The summed E-state index contributed by atoms with van der Waals surface area (Å²) in [6.07, 6.45) is -14.4. The van der Waals surface area contributed by atoms with Crippen LogP contribution in [0.2, 0.25) is 0 Å².